The van der Waals surface area contributed by atoms with Crippen LogP contribution < -0.4 is 15.5 Å². The Bertz CT molecular complexity index is 1950. The summed E-state index contributed by atoms with van der Waals surface area (Å²) in [6, 6.07) is 22.0. The van der Waals surface area contributed by atoms with Crippen molar-refractivity contribution in [3.05, 3.63) is 108 Å². The summed E-state index contributed by atoms with van der Waals surface area (Å²) in [4.78, 5) is 33.9. The largest absolute Gasteiger partial charge is 0.351 e. The predicted molar refractivity (Wildman–Crippen MR) is 181 cm³/mol. The summed E-state index contributed by atoms with van der Waals surface area (Å²) in [5.41, 5.74) is 7.04. The third-order valence-corrected chi connectivity index (χ3v) is 8.75. The van der Waals surface area contributed by atoms with Gasteiger partial charge in [0.1, 0.15) is 11.9 Å². The second-order valence-corrected chi connectivity index (χ2v) is 11.9. The van der Waals surface area contributed by atoms with Crippen LogP contribution in [-0.2, 0) is 20.1 Å². The van der Waals surface area contributed by atoms with Crippen LogP contribution in [0.3, 0.4) is 0 Å². The lowest BCUT2D eigenvalue weighted by atomic mass is 9.90. The van der Waals surface area contributed by atoms with Crippen LogP contribution in [0.4, 0.5) is 16.6 Å². The number of nitriles is 1. The van der Waals surface area contributed by atoms with Gasteiger partial charge in [0.05, 0.1) is 30.2 Å². The van der Waals surface area contributed by atoms with Crippen LogP contribution in [0.5, 0.6) is 0 Å². The number of aromatic nitrogens is 5. The number of hydrogen-bond donors (Lipinski definition) is 2. The Morgan fingerprint density at radius 1 is 0.979 bits per heavy atom. The lowest BCUT2D eigenvalue weighted by Crippen LogP contribution is -2.49. The second-order valence-electron chi connectivity index (χ2n) is 11.9. The highest BCUT2D eigenvalue weighted by atomic mass is 16.2. The molecule has 2 N–H and O–H groups in total. The fourth-order valence-corrected chi connectivity index (χ4v) is 6.25. The van der Waals surface area contributed by atoms with Gasteiger partial charge < -0.3 is 10.6 Å². The molecule has 0 spiro atoms. The van der Waals surface area contributed by atoms with Crippen molar-refractivity contribution < 1.29 is 4.79 Å². The number of carbonyl (C=O) groups excluding carboxylic acids is 1. The number of rotatable bonds is 8. The zero-order valence-electron chi connectivity index (χ0n) is 26.0. The van der Waals surface area contributed by atoms with E-state index in [9.17, 15) is 10.1 Å². The smallest absolute Gasteiger partial charge is 0.323 e. The Hall–Kier alpha value is -5.89. The van der Waals surface area contributed by atoms with Crippen LogP contribution in [0.2, 0.25) is 0 Å². The molecule has 1 saturated carbocycles. The normalized spacial score (nSPS) is 16.7. The fourth-order valence-electron chi connectivity index (χ4n) is 6.25. The van der Waals surface area contributed by atoms with Gasteiger partial charge in [-0.25, -0.2) is 19.7 Å². The molecular weight excluding hydrogens is 588 g/mol. The van der Waals surface area contributed by atoms with Gasteiger partial charge in [-0.05, 0) is 60.6 Å². The molecule has 5 aromatic rings. The Morgan fingerprint density at radius 2 is 1.81 bits per heavy atom. The second kappa shape index (κ2) is 13.2. The molecule has 1 aliphatic heterocycles. The average Bonchev–Trinajstić information content (AvgIpc) is 3.77. The number of aryl methyl sites for hydroxylation is 1. The van der Waals surface area contributed by atoms with E-state index in [1.165, 1.54) is 5.56 Å². The number of carbonyl (C=O) groups is 1. The van der Waals surface area contributed by atoms with E-state index in [2.05, 4.69) is 31.8 Å². The maximum absolute atomic E-state index is 13.7. The minimum absolute atomic E-state index is 0.0360. The molecule has 0 radical (unpaired) electrons. The first kappa shape index (κ1) is 29.8. The van der Waals surface area contributed by atoms with E-state index >= 15 is 0 Å². The molecule has 2 amide bonds. The molecule has 0 atom stereocenters. The number of nitrogens with one attached hydrogen (secondary N) is 2. The number of benzene rings is 2. The van der Waals surface area contributed by atoms with Crippen LogP contribution >= 0.6 is 0 Å². The minimum atomic E-state index is -0.175. The molecule has 0 saturated heterocycles. The van der Waals surface area contributed by atoms with Gasteiger partial charge >= 0.3 is 6.03 Å². The molecule has 1 fully saturated rings. The first-order valence-electron chi connectivity index (χ1n) is 15.8. The van der Waals surface area contributed by atoms with Crippen molar-refractivity contribution >= 4 is 24.0 Å². The van der Waals surface area contributed by atoms with Gasteiger partial charge in [-0.15, -0.1) is 0 Å². The molecule has 0 bridgehead atoms. The van der Waals surface area contributed by atoms with Crippen LogP contribution in [0.1, 0.15) is 47.9 Å². The number of anilines is 2. The highest BCUT2D eigenvalue weighted by molar-refractivity contribution is 5.92. The third-order valence-electron chi connectivity index (χ3n) is 8.75. The van der Waals surface area contributed by atoms with E-state index in [1.54, 1.807) is 28.2 Å². The van der Waals surface area contributed by atoms with Crippen molar-refractivity contribution in [2.24, 2.45) is 12.0 Å². The molecule has 47 heavy (non-hydrogen) atoms. The van der Waals surface area contributed by atoms with Crippen molar-refractivity contribution in [2.75, 3.05) is 10.2 Å². The lowest BCUT2D eigenvalue weighted by molar-refractivity contribution is 0.240. The van der Waals surface area contributed by atoms with E-state index in [0.29, 0.717) is 36.1 Å². The number of aliphatic imine (C=N–C) groups is 1. The molecule has 11 heteroatoms. The number of fused-ring (bicyclic) bond motifs is 1. The van der Waals surface area contributed by atoms with Crippen molar-refractivity contribution in [3.63, 3.8) is 0 Å². The molecule has 234 valence electrons. The molecule has 1 aliphatic carbocycles. The Kier molecular flexibility index (Phi) is 8.39. The van der Waals surface area contributed by atoms with E-state index in [0.717, 1.165) is 53.5 Å². The van der Waals surface area contributed by atoms with Crippen LogP contribution in [0.25, 0.3) is 22.4 Å². The van der Waals surface area contributed by atoms with Gasteiger partial charge in [0, 0.05) is 61.0 Å². The summed E-state index contributed by atoms with van der Waals surface area (Å²) >= 11 is 0. The van der Waals surface area contributed by atoms with E-state index in [4.69, 9.17) is 9.97 Å². The molecule has 2 aliphatic rings. The van der Waals surface area contributed by atoms with E-state index in [1.807, 2.05) is 80.1 Å². The Morgan fingerprint density at radius 3 is 2.55 bits per heavy atom. The zero-order chi connectivity index (χ0) is 32.2. The number of urea groups is 1. The van der Waals surface area contributed by atoms with Crippen molar-refractivity contribution in [1.29, 1.82) is 5.26 Å². The predicted octanol–water partition coefficient (Wildman–Crippen LogP) is 5.88. The average molecular weight is 623 g/mol. The van der Waals surface area contributed by atoms with Gasteiger partial charge in [0.2, 0.25) is 5.95 Å². The summed E-state index contributed by atoms with van der Waals surface area (Å²) in [6.07, 6.45) is 12.2. The standard InChI is InChI=1S/C36H34N10O/c1-45-23-30(22-42-45)27-9-14-33(39-20-27)46(36(47)41-17-24-5-3-2-4-6-24)32-12-10-31(11-13-32)43-35-40-21-29(16-37)34(44-35)25-7-8-26-18-38-19-28(26)15-25/h2-9,14-15,19-23,31-32H,10-13,17-18H2,1H3,(H,41,47)(H,40,43,44). The number of pyridine rings is 1. The van der Waals surface area contributed by atoms with E-state index in [-0.39, 0.29) is 18.1 Å². The number of nitrogens with zero attached hydrogens (tertiary/aromatic N) is 8. The third kappa shape index (κ3) is 6.58. The Balaban J connectivity index is 1.06. The summed E-state index contributed by atoms with van der Waals surface area (Å²) < 4.78 is 1.76. The lowest BCUT2D eigenvalue weighted by Gasteiger charge is -2.36. The first-order valence-corrected chi connectivity index (χ1v) is 15.8. The van der Waals surface area contributed by atoms with Crippen LogP contribution in [0, 0.1) is 11.3 Å². The summed E-state index contributed by atoms with van der Waals surface area (Å²) in [5, 5.41) is 20.6. The molecule has 3 aromatic heterocycles. The maximum atomic E-state index is 13.7. The van der Waals surface area contributed by atoms with Crippen molar-refractivity contribution in [3.8, 4) is 28.5 Å². The minimum Gasteiger partial charge on any atom is -0.351 e. The molecule has 4 heterocycles. The Labute approximate surface area is 273 Å². The van der Waals surface area contributed by atoms with Gasteiger partial charge in [0.25, 0.3) is 0 Å². The zero-order valence-corrected chi connectivity index (χ0v) is 26.0. The molecule has 7 rings (SSSR count). The van der Waals surface area contributed by atoms with Crippen LogP contribution in [-0.4, -0.2) is 49.1 Å². The molecule has 11 nitrogen and oxygen atoms in total. The summed E-state index contributed by atoms with van der Waals surface area (Å²) in [7, 11) is 1.88. The fraction of sp³-hybridized carbons (Fsp3) is 0.250. The summed E-state index contributed by atoms with van der Waals surface area (Å²) in [6.45, 7) is 1.11. The van der Waals surface area contributed by atoms with Crippen molar-refractivity contribution in [1.82, 2.24) is 30.0 Å². The molecular formula is C36H34N10O. The van der Waals surface area contributed by atoms with E-state index < -0.39 is 0 Å². The SMILES string of the molecule is Cn1cc(-c2ccc(N(C(=O)NCc3ccccc3)C3CCC(Nc4ncc(C#N)c(-c5ccc6c(c5)C=NC6)n4)CC3)nc2)cn1. The maximum Gasteiger partial charge on any atom is 0.323 e. The number of hydrogen-bond acceptors (Lipinski definition) is 8. The number of amides is 2. The monoisotopic (exact) mass is 622 g/mol. The van der Waals surface area contributed by atoms with Crippen molar-refractivity contribution in [2.45, 2.75) is 50.9 Å². The molecule has 0 unspecified atom stereocenters. The first-order chi connectivity index (χ1) is 23.0. The van der Waals surface area contributed by atoms with Gasteiger partial charge in [-0.1, -0.05) is 42.5 Å². The molecule has 2 aromatic carbocycles. The highest BCUT2D eigenvalue weighted by Gasteiger charge is 2.31. The topological polar surface area (TPSA) is 137 Å². The highest BCUT2D eigenvalue weighted by Crippen LogP contribution is 2.31. The summed E-state index contributed by atoms with van der Waals surface area (Å²) in [5.74, 6) is 1.10. The van der Waals surface area contributed by atoms with Crippen LogP contribution in [0.15, 0.2) is 90.4 Å². The van der Waals surface area contributed by atoms with Gasteiger partial charge in [-0.3, -0.25) is 14.6 Å². The van der Waals surface area contributed by atoms with Gasteiger partial charge in [0.15, 0.2) is 0 Å². The van der Waals surface area contributed by atoms with Gasteiger partial charge in [-0.2, -0.15) is 10.4 Å². The quantitative estimate of drug-likeness (QED) is 0.220.